The average Bonchev–Trinajstić information content (AvgIpc) is 2.80. The van der Waals surface area contributed by atoms with Crippen LogP contribution in [-0.2, 0) is 20.8 Å². The molecule has 9 nitrogen and oxygen atoms in total. The Morgan fingerprint density at radius 1 is 1.04 bits per heavy atom. The van der Waals surface area contributed by atoms with Crippen molar-refractivity contribution in [3.8, 4) is 5.75 Å². The zero-order valence-electron chi connectivity index (χ0n) is 17.5. The van der Waals surface area contributed by atoms with Gasteiger partial charge in [0, 0.05) is 19.3 Å². The highest BCUT2D eigenvalue weighted by molar-refractivity contribution is 5.99. The van der Waals surface area contributed by atoms with Crippen molar-refractivity contribution in [2.45, 2.75) is 66.2 Å². The molecular weight excluding hydrogens is 368 g/mol. The maximum atomic E-state index is 12.5. The molecule has 1 aromatic rings. The fraction of sp³-hybridized carbons (Fsp3) is 0.632. The van der Waals surface area contributed by atoms with Crippen LogP contribution in [0.5, 0.6) is 5.75 Å². The molecule has 1 rings (SSSR count). The predicted octanol–water partition coefficient (Wildman–Crippen LogP) is 2.85. The van der Waals surface area contributed by atoms with Gasteiger partial charge in [0.2, 0.25) is 0 Å². The van der Waals surface area contributed by atoms with Crippen molar-refractivity contribution in [2.24, 2.45) is 0 Å². The Bertz CT molecular complexity index is 724. The third-order valence-electron chi connectivity index (χ3n) is 3.16. The summed E-state index contributed by atoms with van der Waals surface area (Å²) in [7, 11) is 0. The van der Waals surface area contributed by atoms with E-state index in [0.717, 1.165) is 0 Å². The Balaban J connectivity index is 3.04. The number of aromatic hydroxyl groups is 1. The highest BCUT2D eigenvalue weighted by atomic mass is 16.6. The SMILES string of the molecule is CCOC(=O)c1cn(CCNC(=O)OC(C)(C)C)c(C(=O)OC(C)(C)C)c1O. The number of carbonyl (C=O) groups excluding carboxylic acids is 3. The quantitative estimate of drug-likeness (QED) is 0.559. The molecule has 1 aromatic heterocycles. The van der Waals surface area contributed by atoms with Gasteiger partial charge < -0.3 is 29.2 Å². The smallest absolute Gasteiger partial charge is 0.407 e. The normalized spacial score (nSPS) is 11.7. The fourth-order valence-electron chi connectivity index (χ4n) is 2.21. The van der Waals surface area contributed by atoms with Gasteiger partial charge in [-0.25, -0.2) is 14.4 Å². The second-order valence-corrected chi connectivity index (χ2v) is 8.08. The van der Waals surface area contributed by atoms with E-state index in [1.54, 1.807) is 48.5 Å². The lowest BCUT2D eigenvalue weighted by Crippen LogP contribution is -2.34. The van der Waals surface area contributed by atoms with Gasteiger partial charge in [-0.3, -0.25) is 0 Å². The number of carbonyl (C=O) groups is 3. The van der Waals surface area contributed by atoms with E-state index in [9.17, 15) is 19.5 Å². The standard InChI is InChI=1S/C19H30N2O7/c1-8-26-15(23)12-11-21(10-9-20-17(25)28-19(5,6)7)13(14(12)22)16(24)27-18(2,3)4/h11,22H,8-10H2,1-7H3,(H,20,25). The monoisotopic (exact) mass is 398 g/mol. The lowest BCUT2D eigenvalue weighted by Gasteiger charge is -2.21. The molecule has 0 aliphatic rings. The van der Waals surface area contributed by atoms with E-state index in [-0.39, 0.29) is 31.0 Å². The van der Waals surface area contributed by atoms with Crippen molar-refractivity contribution in [1.82, 2.24) is 9.88 Å². The highest BCUT2D eigenvalue weighted by Crippen LogP contribution is 2.28. The minimum absolute atomic E-state index is 0.0980. The first-order chi connectivity index (χ1) is 12.7. The number of nitrogens with zero attached hydrogens (tertiary/aromatic N) is 1. The van der Waals surface area contributed by atoms with Crippen molar-refractivity contribution >= 4 is 18.0 Å². The minimum atomic E-state index is -0.794. The van der Waals surface area contributed by atoms with E-state index in [1.807, 2.05) is 0 Å². The van der Waals surface area contributed by atoms with Crippen molar-refractivity contribution in [3.05, 3.63) is 17.5 Å². The van der Waals surface area contributed by atoms with E-state index in [4.69, 9.17) is 14.2 Å². The Morgan fingerprint density at radius 3 is 2.11 bits per heavy atom. The summed E-state index contributed by atoms with van der Waals surface area (Å²) in [6, 6.07) is 0. The van der Waals surface area contributed by atoms with Crippen LogP contribution in [0.1, 0.15) is 69.3 Å². The van der Waals surface area contributed by atoms with Crippen molar-refractivity contribution in [2.75, 3.05) is 13.2 Å². The maximum Gasteiger partial charge on any atom is 0.407 e. The molecule has 28 heavy (non-hydrogen) atoms. The number of nitrogens with one attached hydrogen (secondary N) is 1. The number of esters is 2. The lowest BCUT2D eigenvalue weighted by atomic mass is 10.2. The number of amides is 1. The predicted molar refractivity (Wildman–Crippen MR) is 101 cm³/mol. The van der Waals surface area contributed by atoms with E-state index in [2.05, 4.69) is 5.32 Å². The first kappa shape index (κ1) is 23.3. The van der Waals surface area contributed by atoms with Gasteiger partial charge in [0.15, 0.2) is 11.4 Å². The van der Waals surface area contributed by atoms with Crippen molar-refractivity contribution in [3.63, 3.8) is 0 Å². The van der Waals surface area contributed by atoms with Gasteiger partial charge in [-0.1, -0.05) is 0 Å². The molecule has 1 amide bonds. The van der Waals surface area contributed by atoms with Gasteiger partial charge in [-0.05, 0) is 48.5 Å². The third-order valence-corrected chi connectivity index (χ3v) is 3.16. The van der Waals surface area contributed by atoms with Crippen molar-refractivity contribution in [1.29, 1.82) is 0 Å². The molecule has 0 saturated heterocycles. The molecule has 0 aliphatic carbocycles. The summed E-state index contributed by atoms with van der Waals surface area (Å²) >= 11 is 0. The number of ether oxygens (including phenoxy) is 3. The van der Waals surface area contributed by atoms with Crippen LogP contribution in [0.4, 0.5) is 4.79 Å². The molecule has 158 valence electrons. The van der Waals surface area contributed by atoms with E-state index >= 15 is 0 Å². The Morgan fingerprint density at radius 2 is 1.61 bits per heavy atom. The van der Waals surface area contributed by atoms with Crippen LogP contribution in [0, 0.1) is 0 Å². The van der Waals surface area contributed by atoms with Crippen LogP contribution >= 0.6 is 0 Å². The molecule has 0 radical (unpaired) electrons. The zero-order valence-corrected chi connectivity index (χ0v) is 17.5. The largest absolute Gasteiger partial charge is 0.505 e. The average molecular weight is 398 g/mol. The summed E-state index contributed by atoms with van der Waals surface area (Å²) in [4.78, 5) is 36.3. The molecule has 0 fully saturated rings. The molecule has 0 atom stereocenters. The van der Waals surface area contributed by atoms with Crippen LogP contribution < -0.4 is 5.32 Å². The second kappa shape index (κ2) is 8.99. The summed E-state index contributed by atoms with van der Waals surface area (Å²) in [5, 5.41) is 13.0. The first-order valence-electron chi connectivity index (χ1n) is 9.04. The third kappa shape index (κ3) is 7.13. The molecule has 0 unspecified atom stereocenters. The van der Waals surface area contributed by atoms with E-state index in [1.165, 1.54) is 10.8 Å². The molecule has 1 heterocycles. The minimum Gasteiger partial charge on any atom is -0.505 e. The summed E-state index contributed by atoms with van der Waals surface area (Å²) in [6.07, 6.45) is 0.678. The number of aromatic nitrogens is 1. The van der Waals surface area contributed by atoms with Gasteiger partial charge in [0.05, 0.1) is 6.61 Å². The molecule has 2 N–H and O–H groups in total. The Labute approximate surface area is 164 Å². The molecule has 0 saturated carbocycles. The van der Waals surface area contributed by atoms with Gasteiger partial charge in [-0.2, -0.15) is 0 Å². The van der Waals surface area contributed by atoms with Gasteiger partial charge >= 0.3 is 18.0 Å². The zero-order chi connectivity index (χ0) is 21.7. The van der Waals surface area contributed by atoms with E-state index < -0.39 is 35.0 Å². The fourth-order valence-corrected chi connectivity index (χ4v) is 2.21. The number of alkyl carbamates (subject to hydrolysis) is 1. The van der Waals surface area contributed by atoms with Gasteiger partial charge in [-0.15, -0.1) is 0 Å². The molecule has 0 aliphatic heterocycles. The van der Waals surface area contributed by atoms with Crippen molar-refractivity contribution < 1.29 is 33.7 Å². The lowest BCUT2D eigenvalue weighted by molar-refractivity contribution is 0.00548. The highest BCUT2D eigenvalue weighted by Gasteiger charge is 2.29. The summed E-state index contributed by atoms with van der Waals surface area (Å²) in [5.41, 5.74) is -1.78. The topological polar surface area (TPSA) is 116 Å². The summed E-state index contributed by atoms with van der Waals surface area (Å²) in [5.74, 6) is -2.08. The van der Waals surface area contributed by atoms with Crippen LogP contribution in [0.25, 0.3) is 0 Å². The van der Waals surface area contributed by atoms with E-state index in [0.29, 0.717) is 0 Å². The van der Waals surface area contributed by atoms with Crippen LogP contribution in [0.15, 0.2) is 6.20 Å². The number of hydrogen-bond acceptors (Lipinski definition) is 7. The Kier molecular flexibility index (Phi) is 7.49. The van der Waals surface area contributed by atoms with Crippen LogP contribution in [0.2, 0.25) is 0 Å². The summed E-state index contributed by atoms with van der Waals surface area (Å²) < 4.78 is 16.7. The molecule has 0 aromatic carbocycles. The number of rotatable bonds is 6. The van der Waals surface area contributed by atoms with Gasteiger partial charge in [0.1, 0.15) is 16.8 Å². The molecular formula is C19H30N2O7. The second-order valence-electron chi connectivity index (χ2n) is 8.08. The Hall–Kier alpha value is -2.71. The van der Waals surface area contributed by atoms with Crippen LogP contribution in [0.3, 0.4) is 0 Å². The first-order valence-corrected chi connectivity index (χ1v) is 9.04. The summed E-state index contributed by atoms with van der Waals surface area (Å²) in [6.45, 7) is 12.2. The maximum absolute atomic E-state index is 12.5. The molecule has 0 bridgehead atoms. The van der Waals surface area contributed by atoms with Crippen LogP contribution in [-0.4, -0.2) is 52.1 Å². The van der Waals surface area contributed by atoms with Gasteiger partial charge in [0.25, 0.3) is 0 Å². The molecule has 9 heteroatoms. The molecule has 0 spiro atoms. The number of hydrogen-bond donors (Lipinski definition) is 2.